The van der Waals surface area contributed by atoms with Gasteiger partial charge in [-0.2, -0.15) is 13.2 Å². The second-order valence-electron chi connectivity index (χ2n) is 6.07. The van der Waals surface area contributed by atoms with Crippen molar-refractivity contribution in [2.45, 2.75) is 31.0 Å². The molecule has 0 saturated heterocycles. The number of carbonyl (C=O) groups is 1. The van der Waals surface area contributed by atoms with Gasteiger partial charge in [0.25, 0.3) is 0 Å². The van der Waals surface area contributed by atoms with Crippen molar-refractivity contribution < 1.29 is 22.7 Å². The monoisotopic (exact) mass is 382 g/mol. The summed E-state index contributed by atoms with van der Waals surface area (Å²) < 4.78 is 45.2. The molecule has 138 valence electrons. The van der Waals surface area contributed by atoms with E-state index in [1.807, 2.05) is 19.9 Å². The zero-order valence-corrected chi connectivity index (χ0v) is 15.2. The Labute approximate surface area is 153 Å². The Balaban J connectivity index is 1.90. The van der Waals surface area contributed by atoms with Crippen molar-refractivity contribution in [2.24, 2.45) is 0 Å². The Hall–Kier alpha value is -2.35. The molecule has 0 aromatic heterocycles. The van der Waals surface area contributed by atoms with Crippen LogP contribution in [0.1, 0.15) is 19.4 Å². The van der Waals surface area contributed by atoms with E-state index in [4.69, 9.17) is 4.74 Å². The fourth-order valence-electron chi connectivity index (χ4n) is 2.51. The summed E-state index contributed by atoms with van der Waals surface area (Å²) in [5.41, 5.74) is 0.328. The number of ether oxygens (including phenoxy) is 1. The van der Waals surface area contributed by atoms with E-state index < -0.39 is 11.7 Å². The van der Waals surface area contributed by atoms with E-state index in [2.05, 4.69) is 0 Å². The van der Waals surface area contributed by atoms with E-state index in [9.17, 15) is 18.0 Å². The number of benzene rings is 2. The fourth-order valence-corrected chi connectivity index (χ4v) is 3.55. The SMILES string of the molecule is CC(C)Oc1ccc2c(c1)N(C)C(=O)N(c1ccc(C(F)(F)F)cc1)S2. The number of anilines is 2. The van der Waals surface area contributed by atoms with Crippen LogP contribution in [-0.2, 0) is 6.18 Å². The van der Waals surface area contributed by atoms with Crippen LogP contribution < -0.4 is 13.9 Å². The molecular formula is C18H17F3N2O2S. The van der Waals surface area contributed by atoms with Crippen molar-refractivity contribution in [1.29, 1.82) is 0 Å². The fraction of sp³-hybridized carbons (Fsp3) is 0.278. The largest absolute Gasteiger partial charge is 0.491 e. The van der Waals surface area contributed by atoms with Crippen LogP contribution in [0, 0.1) is 0 Å². The molecule has 2 aromatic carbocycles. The second kappa shape index (κ2) is 6.75. The van der Waals surface area contributed by atoms with E-state index in [-0.39, 0.29) is 12.1 Å². The maximum absolute atomic E-state index is 12.7. The zero-order chi connectivity index (χ0) is 19.1. The van der Waals surface area contributed by atoms with Gasteiger partial charge in [0.05, 0.1) is 27.9 Å². The van der Waals surface area contributed by atoms with Gasteiger partial charge < -0.3 is 4.74 Å². The standard InChI is InChI=1S/C18H17F3N2O2S/c1-11(2)25-14-8-9-16-15(10-14)22(3)17(24)23(26-16)13-6-4-12(5-7-13)18(19,20)21/h4-11H,1-3H3. The summed E-state index contributed by atoms with van der Waals surface area (Å²) in [6.45, 7) is 3.82. The first-order valence-electron chi connectivity index (χ1n) is 7.90. The van der Waals surface area contributed by atoms with Gasteiger partial charge in [-0.15, -0.1) is 0 Å². The summed E-state index contributed by atoms with van der Waals surface area (Å²) >= 11 is 1.17. The number of hydrogen-bond acceptors (Lipinski definition) is 3. The van der Waals surface area contributed by atoms with Crippen molar-refractivity contribution in [3.05, 3.63) is 48.0 Å². The minimum Gasteiger partial charge on any atom is -0.491 e. The third-order valence-corrected chi connectivity index (χ3v) is 4.83. The zero-order valence-electron chi connectivity index (χ0n) is 14.4. The van der Waals surface area contributed by atoms with Crippen molar-refractivity contribution in [2.75, 3.05) is 16.3 Å². The highest BCUT2D eigenvalue weighted by molar-refractivity contribution is 8.01. The molecule has 0 aliphatic carbocycles. The molecule has 2 aromatic rings. The quantitative estimate of drug-likeness (QED) is 0.650. The predicted octanol–water partition coefficient (Wildman–Crippen LogP) is 5.58. The van der Waals surface area contributed by atoms with Gasteiger partial charge in [-0.1, -0.05) is 0 Å². The van der Waals surface area contributed by atoms with E-state index >= 15 is 0 Å². The molecular weight excluding hydrogens is 365 g/mol. The summed E-state index contributed by atoms with van der Waals surface area (Å²) in [4.78, 5) is 14.9. The molecule has 3 rings (SSSR count). The number of rotatable bonds is 3. The number of halogens is 3. The normalized spacial score (nSPS) is 14.7. The highest BCUT2D eigenvalue weighted by Gasteiger charge is 2.33. The van der Waals surface area contributed by atoms with Gasteiger partial charge in [-0.25, -0.2) is 9.10 Å². The van der Waals surface area contributed by atoms with E-state index in [0.717, 1.165) is 17.0 Å². The van der Waals surface area contributed by atoms with Crippen molar-refractivity contribution in [1.82, 2.24) is 0 Å². The Morgan fingerprint density at radius 2 is 1.73 bits per heavy atom. The first-order chi connectivity index (χ1) is 12.2. The minimum absolute atomic E-state index is 0.00828. The molecule has 26 heavy (non-hydrogen) atoms. The molecule has 0 N–H and O–H groups in total. The lowest BCUT2D eigenvalue weighted by Gasteiger charge is -2.34. The van der Waals surface area contributed by atoms with Gasteiger partial charge in [-0.3, -0.25) is 4.90 Å². The number of fused-ring (bicyclic) bond motifs is 1. The van der Waals surface area contributed by atoms with Crippen LogP contribution in [0.2, 0.25) is 0 Å². The molecule has 8 heteroatoms. The third-order valence-electron chi connectivity index (χ3n) is 3.74. The second-order valence-corrected chi connectivity index (χ2v) is 7.06. The van der Waals surface area contributed by atoms with Crippen LogP contribution in [-0.4, -0.2) is 19.2 Å². The van der Waals surface area contributed by atoms with Gasteiger partial charge in [0.15, 0.2) is 0 Å². The van der Waals surface area contributed by atoms with Crippen LogP contribution in [0.3, 0.4) is 0 Å². The summed E-state index contributed by atoms with van der Waals surface area (Å²) in [7, 11) is 1.62. The molecule has 1 heterocycles. The molecule has 0 spiro atoms. The smallest absolute Gasteiger partial charge is 0.416 e. The number of nitrogens with zero attached hydrogens (tertiary/aromatic N) is 2. The van der Waals surface area contributed by atoms with Crippen LogP contribution in [0.25, 0.3) is 0 Å². The first-order valence-corrected chi connectivity index (χ1v) is 8.68. The van der Waals surface area contributed by atoms with Crippen molar-refractivity contribution in [3.8, 4) is 5.75 Å². The average Bonchev–Trinajstić information content (AvgIpc) is 2.57. The Kier molecular flexibility index (Phi) is 4.79. The highest BCUT2D eigenvalue weighted by Crippen LogP contribution is 2.43. The van der Waals surface area contributed by atoms with Crippen LogP contribution in [0.5, 0.6) is 5.75 Å². The summed E-state index contributed by atoms with van der Waals surface area (Å²) in [5.74, 6) is 0.655. The van der Waals surface area contributed by atoms with Crippen molar-refractivity contribution >= 4 is 29.4 Å². The van der Waals surface area contributed by atoms with E-state index in [1.165, 1.54) is 33.3 Å². The molecule has 0 bridgehead atoms. The Morgan fingerprint density at radius 1 is 1.08 bits per heavy atom. The lowest BCUT2D eigenvalue weighted by molar-refractivity contribution is -0.137. The third kappa shape index (κ3) is 3.60. The average molecular weight is 382 g/mol. The summed E-state index contributed by atoms with van der Waals surface area (Å²) in [6.07, 6.45) is -4.40. The molecule has 0 fully saturated rings. The lowest BCUT2D eigenvalue weighted by Crippen LogP contribution is -2.40. The number of urea groups is 1. The number of amides is 2. The maximum Gasteiger partial charge on any atom is 0.416 e. The lowest BCUT2D eigenvalue weighted by atomic mass is 10.2. The first kappa shape index (κ1) is 18.4. The molecule has 0 unspecified atom stereocenters. The van der Waals surface area contributed by atoms with E-state index in [1.54, 1.807) is 19.2 Å². The minimum atomic E-state index is -4.41. The van der Waals surface area contributed by atoms with Gasteiger partial charge in [-0.05, 0) is 62.2 Å². The molecule has 4 nitrogen and oxygen atoms in total. The molecule has 0 atom stereocenters. The highest BCUT2D eigenvalue weighted by atomic mass is 32.2. The molecule has 1 aliphatic heterocycles. The molecule has 0 radical (unpaired) electrons. The van der Waals surface area contributed by atoms with Crippen LogP contribution in [0.15, 0.2) is 47.4 Å². The number of hydrogen-bond donors (Lipinski definition) is 0. The predicted molar refractivity (Wildman–Crippen MR) is 95.8 cm³/mol. The topological polar surface area (TPSA) is 32.8 Å². The van der Waals surface area contributed by atoms with Gasteiger partial charge >= 0.3 is 12.2 Å². The molecule has 0 saturated carbocycles. The number of carbonyl (C=O) groups excluding carboxylic acids is 1. The summed E-state index contributed by atoms with van der Waals surface area (Å²) in [6, 6.07) is 9.61. The molecule has 2 amide bonds. The summed E-state index contributed by atoms with van der Waals surface area (Å²) in [5, 5.41) is 0. The van der Waals surface area contributed by atoms with E-state index in [0.29, 0.717) is 17.1 Å². The van der Waals surface area contributed by atoms with Crippen molar-refractivity contribution in [3.63, 3.8) is 0 Å². The van der Waals surface area contributed by atoms with Gasteiger partial charge in [0.1, 0.15) is 5.75 Å². The van der Waals surface area contributed by atoms with Gasteiger partial charge in [0.2, 0.25) is 0 Å². The Morgan fingerprint density at radius 3 is 2.31 bits per heavy atom. The van der Waals surface area contributed by atoms with Crippen LogP contribution in [0.4, 0.5) is 29.3 Å². The van der Waals surface area contributed by atoms with Gasteiger partial charge in [0, 0.05) is 13.1 Å². The number of alkyl halides is 3. The molecule has 1 aliphatic rings. The van der Waals surface area contributed by atoms with Crippen LogP contribution >= 0.6 is 11.9 Å². The Bertz CT molecular complexity index is 822. The maximum atomic E-state index is 12.7.